The Kier molecular flexibility index (Phi) is 10.3. The van der Waals surface area contributed by atoms with Crippen molar-refractivity contribution in [2.75, 3.05) is 25.1 Å². The maximum atomic E-state index is 11.6. The van der Waals surface area contributed by atoms with Gasteiger partial charge in [-0.05, 0) is 37.7 Å². The highest BCUT2D eigenvalue weighted by atomic mass is 32.2. The molecule has 1 aliphatic rings. The highest BCUT2D eigenvalue weighted by molar-refractivity contribution is 7.98. The van der Waals surface area contributed by atoms with Gasteiger partial charge in [0.25, 0.3) is 0 Å². The number of unbranched alkanes of at least 4 members (excludes halogenated alkanes) is 1. The van der Waals surface area contributed by atoms with Gasteiger partial charge in [0.2, 0.25) is 5.91 Å². The minimum Gasteiger partial charge on any atom is -0.355 e. The Morgan fingerprint density at radius 3 is 2.53 bits per heavy atom. The van der Waals surface area contributed by atoms with Crippen LogP contribution in [0.4, 0.5) is 0 Å². The molecule has 0 spiro atoms. The predicted octanol–water partition coefficient (Wildman–Crippen LogP) is 2.95. The fourth-order valence-electron chi connectivity index (χ4n) is 2.58. The molecule has 0 aromatic heterocycles. The second kappa shape index (κ2) is 11.6. The summed E-state index contributed by atoms with van der Waals surface area (Å²) in [6, 6.07) is 0.681. The molecule has 0 aliphatic heterocycles. The number of rotatable bonds is 9. The minimum atomic E-state index is 0.212. The molecule has 4 heteroatoms. The van der Waals surface area contributed by atoms with E-state index in [4.69, 9.17) is 0 Å². The fourth-order valence-corrected chi connectivity index (χ4v) is 3.07. The zero-order valence-corrected chi connectivity index (χ0v) is 13.2. The first-order chi connectivity index (χ1) is 9.33. The molecule has 1 saturated carbocycles. The van der Waals surface area contributed by atoms with Crippen molar-refractivity contribution in [2.24, 2.45) is 0 Å². The van der Waals surface area contributed by atoms with Gasteiger partial charge in [0, 0.05) is 25.6 Å². The summed E-state index contributed by atoms with van der Waals surface area (Å²) in [6.07, 6.45) is 13.1. The molecule has 1 aliphatic carbocycles. The number of amides is 1. The van der Waals surface area contributed by atoms with Crippen LogP contribution >= 0.6 is 11.8 Å². The number of hydrogen-bond donors (Lipinski definition) is 2. The van der Waals surface area contributed by atoms with Gasteiger partial charge >= 0.3 is 0 Å². The van der Waals surface area contributed by atoms with E-state index in [1.165, 1.54) is 38.5 Å². The van der Waals surface area contributed by atoms with E-state index in [1.54, 1.807) is 0 Å². The van der Waals surface area contributed by atoms with Crippen LogP contribution in [0.25, 0.3) is 0 Å². The van der Waals surface area contributed by atoms with E-state index < -0.39 is 0 Å². The van der Waals surface area contributed by atoms with Crippen molar-refractivity contribution in [1.82, 2.24) is 10.6 Å². The maximum Gasteiger partial charge on any atom is 0.220 e. The molecule has 1 fully saturated rings. The molecule has 0 unspecified atom stereocenters. The molecule has 1 amide bonds. The molecule has 0 saturated heterocycles. The number of nitrogens with one attached hydrogen (secondary N) is 2. The summed E-state index contributed by atoms with van der Waals surface area (Å²) in [7, 11) is 0. The van der Waals surface area contributed by atoms with Crippen LogP contribution in [-0.4, -0.2) is 37.0 Å². The summed E-state index contributed by atoms with van der Waals surface area (Å²) < 4.78 is 0. The van der Waals surface area contributed by atoms with Gasteiger partial charge in [-0.2, -0.15) is 11.8 Å². The third kappa shape index (κ3) is 9.33. The van der Waals surface area contributed by atoms with Crippen LogP contribution in [0.1, 0.15) is 57.8 Å². The van der Waals surface area contributed by atoms with Crippen molar-refractivity contribution in [1.29, 1.82) is 0 Å². The Balaban J connectivity index is 1.92. The van der Waals surface area contributed by atoms with Crippen LogP contribution in [0.3, 0.4) is 0 Å². The first kappa shape index (κ1) is 16.8. The van der Waals surface area contributed by atoms with Crippen molar-refractivity contribution in [3.8, 4) is 0 Å². The third-order valence-corrected chi connectivity index (χ3v) is 4.43. The average Bonchev–Trinajstić information content (AvgIpc) is 2.68. The molecule has 0 radical (unpaired) electrons. The summed E-state index contributed by atoms with van der Waals surface area (Å²) in [4.78, 5) is 11.6. The van der Waals surface area contributed by atoms with Gasteiger partial charge in [-0.15, -0.1) is 0 Å². The van der Waals surface area contributed by atoms with Gasteiger partial charge in [-0.25, -0.2) is 0 Å². The molecule has 1 rings (SSSR count). The van der Waals surface area contributed by atoms with Crippen LogP contribution in [0.2, 0.25) is 0 Å². The second-order valence-electron chi connectivity index (χ2n) is 5.44. The minimum absolute atomic E-state index is 0.212. The second-order valence-corrected chi connectivity index (χ2v) is 6.43. The Morgan fingerprint density at radius 2 is 1.84 bits per heavy atom. The van der Waals surface area contributed by atoms with E-state index in [0.717, 1.165) is 31.7 Å². The molecular weight excluding hydrogens is 256 g/mol. The predicted molar refractivity (Wildman–Crippen MR) is 84.7 cm³/mol. The summed E-state index contributed by atoms with van der Waals surface area (Å²) >= 11 is 1.85. The number of hydrogen-bond acceptors (Lipinski definition) is 3. The summed E-state index contributed by atoms with van der Waals surface area (Å²) in [5.74, 6) is 1.38. The van der Waals surface area contributed by atoms with Crippen molar-refractivity contribution in [2.45, 2.75) is 63.8 Å². The lowest BCUT2D eigenvalue weighted by atomic mass is 10.1. The molecule has 0 aromatic rings. The molecule has 0 heterocycles. The van der Waals surface area contributed by atoms with E-state index in [-0.39, 0.29) is 5.91 Å². The first-order valence-electron chi connectivity index (χ1n) is 7.82. The zero-order chi connectivity index (χ0) is 13.8. The van der Waals surface area contributed by atoms with Crippen LogP contribution in [0.5, 0.6) is 0 Å². The molecule has 0 bridgehead atoms. The number of thioether (sulfide) groups is 1. The van der Waals surface area contributed by atoms with Crippen molar-refractivity contribution < 1.29 is 4.79 Å². The largest absolute Gasteiger partial charge is 0.355 e. The molecule has 0 atom stereocenters. The summed E-state index contributed by atoms with van der Waals surface area (Å²) in [5, 5.41) is 6.58. The summed E-state index contributed by atoms with van der Waals surface area (Å²) in [6.45, 7) is 1.69. The third-order valence-electron chi connectivity index (χ3n) is 3.74. The highest BCUT2D eigenvalue weighted by Crippen LogP contribution is 2.16. The summed E-state index contributed by atoms with van der Waals surface area (Å²) in [5.41, 5.74) is 0. The molecular formula is C15H30N2OS. The monoisotopic (exact) mass is 286 g/mol. The van der Waals surface area contributed by atoms with Crippen molar-refractivity contribution >= 4 is 17.7 Å². The van der Waals surface area contributed by atoms with Gasteiger partial charge in [-0.1, -0.05) is 25.7 Å². The van der Waals surface area contributed by atoms with Gasteiger partial charge in [0.05, 0.1) is 0 Å². The zero-order valence-electron chi connectivity index (χ0n) is 12.4. The SMILES string of the molecule is CSCCCCC(=O)NCCNC1CCCCCC1. The maximum absolute atomic E-state index is 11.6. The van der Waals surface area contributed by atoms with Crippen LogP contribution in [0.15, 0.2) is 0 Å². The Labute approximate surface area is 122 Å². The van der Waals surface area contributed by atoms with Gasteiger partial charge in [-0.3, -0.25) is 4.79 Å². The van der Waals surface area contributed by atoms with Crippen molar-refractivity contribution in [3.05, 3.63) is 0 Å². The lowest BCUT2D eigenvalue weighted by molar-refractivity contribution is -0.121. The van der Waals surface area contributed by atoms with Gasteiger partial charge in [0.1, 0.15) is 0 Å². The van der Waals surface area contributed by atoms with Gasteiger partial charge < -0.3 is 10.6 Å². The molecule has 0 aromatic carbocycles. The molecule has 112 valence electrons. The van der Waals surface area contributed by atoms with Crippen molar-refractivity contribution in [3.63, 3.8) is 0 Å². The van der Waals surface area contributed by atoms with Crippen LogP contribution in [-0.2, 0) is 4.79 Å². The van der Waals surface area contributed by atoms with Crippen LogP contribution < -0.4 is 10.6 Å². The molecule has 3 nitrogen and oxygen atoms in total. The first-order valence-corrected chi connectivity index (χ1v) is 9.21. The Hall–Kier alpha value is -0.220. The highest BCUT2D eigenvalue weighted by Gasteiger charge is 2.10. The van der Waals surface area contributed by atoms with E-state index in [1.807, 2.05) is 11.8 Å². The van der Waals surface area contributed by atoms with E-state index in [2.05, 4.69) is 16.9 Å². The lowest BCUT2D eigenvalue weighted by Gasteiger charge is -2.16. The Morgan fingerprint density at radius 1 is 1.11 bits per heavy atom. The Bertz CT molecular complexity index is 228. The van der Waals surface area contributed by atoms with E-state index >= 15 is 0 Å². The average molecular weight is 286 g/mol. The van der Waals surface area contributed by atoms with E-state index in [0.29, 0.717) is 12.5 Å². The quantitative estimate of drug-likeness (QED) is 0.506. The number of carbonyl (C=O) groups excluding carboxylic acids is 1. The normalized spacial score (nSPS) is 17.1. The van der Waals surface area contributed by atoms with E-state index in [9.17, 15) is 4.79 Å². The molecule has 2 N–H and O–H groups in total. The van der Waals surface area contributed by atoms with Crippen LogP contribution in [0, 0.1) is 0 Å². The number of carbonyl (C=O) groups is 1. The smallest absolute Gasteiger partial charge is 0.220 e. The standard InChI is InChI=1S/C15H30N2OS/c1-19-13-7-6-10-15(18)17-12-11-16-14-8-4-2-3-5-9-14/h14,16H,2-13H2,1H3,(H,17,18). The fraction of sp³-hybridized carbons (Fsp3) is 0.933. The molecule has 19 heavy (non-hydrogen) atoms. The lowest BCUT2D eigenvalue weighted by Crippen LogP contribution is -2.36. The van der Waals surface area contributed by atoms with Gasteiger partial charge in [0.15, 0.2) is 0 Å². The topological polar surface area (TPSA) is 41.1 Å².